The van der Waals surface area contributed by atoms with Crippen molar-refractivity contribution >= 4 is 23.5 Å². The van der Waals surface area contributed by atoms with Crippen LogP contribution in [0.1, 0.15) is 30.1 Å². The van der Waals surface area contributed by atoms with Crippen molar-refractivity contribution < 1.29 is 19.1 Å². The van der Waals surface area contributed by atoms with Gasteiger partial charge in [0.25, 0.3) is 0 Å². The van der Waals surface area contributed by atoms with Crippen molar-refractivity contribution in [1.29, 1.82) is 0 Å². The first-order chi connectivity index (χ1) is 11.4. The highest BCUT2D eigenvalue weighted by molar-refractivity contribution is 6.30. The van der Waals surface area contributed by atoms with E-state index in [9.17, 15) is 14.0 Å². The molecule has 8 heteroatoms. The average Bonchev–Trinajstić information content (AvgIpc) is 2.92. The van der Waals surface area contributed by atoms with Crippen LogP contribution in [-0.4, -0.2) is 26.8 Å². The lowest BCUT2D eigenvalue weighted by Gasteiger charge is -2.18. The summed E-state index contributed by atoms with van der Waals surface area (Å²) in [6, 6.07) is 4.95. The number of aromatic nitrogens is 2. The molecule has 0 spiro atoms. The van der Waals surface area contributed by atoms with E-state index in [-0.39, 0.29) is 23.8 Å². The molecule has 1 amide bonds. The summed E-state index contributed by atoms with van der Waals surface area (Å²) in [6.45, 7) is 0. The van der Waals surface area contributed by atoms with E-state index >= 15 is 0 Å². The number of hydrogen-bond donors (Lipinski definition) is 2. The number of carboxylic acids is 1. The topological polar surface area (TPSA) is 84.2 Å². The minimum absolute atomic E-state index is 0.0599. The van der Waals surface area contributed by atoms with Crippen LogP contribution in [-0.2, 0) is 23.1 Å². The molecular weight excluding hydrogens is 337 g/mol. The molecule has 6 nitrogen and oxygen atoms in total. The maximum absolute atomic E-state index is 13.6. The summed E-state index contributed by atoms with van der Waals surface area (Å²) in [6.07, 6.45) is 1.93. The Labute approximate surface area is 143 Å². The highest BCUT2D eigenvalue weighted by Gasteiger charge is 2.19. The van der Waals surface area contributed by atoms with Crippen LogP contribution in [0.25, 0.3) is 0 Å². The van der Waals surface area contributed by atoms with Crippen molar-refractivity contribution in [1.82, 2.24) is 15.1 Å². The molecule has 0 fully saturated rings. The molecule has 0 saturated heterocycles. The van der Waals surface area contributed by atoms with Crippen molar-refractivity contribution in [3.63, 3.8) is 0 Å². The fourth-order valence-electron chi connectivity index (χ4n) is 2.31. The zero-order valence-electron chi connectivity index (χ0n) is 13.0. The second-order valence-electron chi connectivity index (χ2n) is 5.34. The molecule has 0 aliphatic heterocycles. The van der Waals surface area contributed by atoms with Crippen LogP contribution < -0.4 is 5.32 Å². The molecule has 1 atom stereocenters. The number of halogens is 2. The molecular formula is C16H17ClFN3O3. The van der Waals surface area contributed by atoms with Gasteiger partial charge in [-0.15, -0.1) is 0 Å². The van der Waals surface area contributed by atoms with Gasteiger partial charge in [0.05, 0.1) is 17.5 Å². The Morgan fingerprint density at radius 3 is 2.75 bits per heavy atom. The minimum atomic E-state index is -1.10. The molecule has 1 aromatic carbocycles. The Hall–Kier alpha value is -2.41. The number of carbonyl (C=O) groups is 2. The number of carbonyl (C=O) groups excluding carboxylic acids is 1. The van der Waals surface area contributed by atoms with Crippen molar-refractivity contribution in [2.24, 2.45) is 7.05 Å². The summed E-state index contributed by atoms with van der Waals surface area (Å²) in [5.41, 5.74) is 1.24. The van der Waals surface area contributed by atoms with Gasteiger partial charge < -0.3 is 10.4 Å². The largest absolute Gasteiger partial charge is 0.481 e. The first-order valence-electron chi connectivity index (χ1n) is 7.30. The summed E-state index contributed by atoms with van der Waals surface area (Å²) in [5, 5.41) is 15.6. The number of hydrogen-bond acceptors (Lipinski definition) is 3. The SMILES string of the molecule is Cn1nccc1CCC(=O)NC(CC(=O)O)c1ccc(Cl)c(F)c1. The Morgan fingerprint density at radius 2 is 2.17 bits per heavy atom. The van der Waals surface area contributed by atoms with E-state index in [1.807, 2.05) is 0 Å². The molecule has 0 saturated carbocycles. The molecule has 1 unspecified atom stereocenters. The van der Waals surface area contributed by atoms with E-state index in [0.717, 1.165) is 11.8 Å². The molecule has 0 bridgehead atoms. The smallest absolute Gasteiger partial charge is 0.305 e. The second-order valence-corrected chi connectivity index (χ2v) is 5.74. The standard InChI is InChI=1S/C16H17ClFN3O3/c1-21-11(6-7-19-21)3-5-15(22)20-14(9-16(23)24)10-2-4-12(17)13(18)8-10/h2,4,6-8,14H,3,5,9H2,1H3,(H,20,22)(H,23,24). The van der Waals surface area contributed by atoms with E-state index in [1.165, 1.54) is 12.1 Å². The van der Waals surface area contributed by atoms with Crippen LogP contribution in [0.2, 0.25) is 5.02 Å². The number of benzene rings is 1. The van der Waals surface area contributed by atoms with Gasteiger partial charge in [-0.25, -0.2) is 4.39 Å². The zero-order valence-corrected chi connectivity index (χ0v) is 13.8. The molecule has 0 radical (unpaired) electrons. The van der Waals surface area contributed by atoms with E-state index in [1.54, 1.807) is 24.0 Å². The Kier molecular flexibility index (Phi) is 5.92. The van der Waals surface area contributed by atoms with Crippen molar-refractivity contribution in [3.05, 3.63) is 52.6 Å². The van der Waals surface area contributed by atoms with Gasteiger partial charge in [0, 0.05) is 25.4 Å². The van der Waals surface area contributed by atoms with Crippen LogP contribution in [0, 0.1) is 5.82 Å². The van der Waals surface area contributed by atoms with Crippen molar-refractivity contribution in [2.45, 2.75) is 25.3 Å². The molecule has 128 valence electrons. The summed E-state index contributed by atoms with van der Waals surface area (Å²) in [4.78, 5) is 23.1. The third kappa shape index (κ3) is 4.79. The van der Waals surface area contributed by atoms with E-state index in [2.05, 4.69) is 10.4 Å². The summed E-state index contributed by atoms with van der Waals surface area (Å²) in [5.74, 6) is -2.08. The van der Waals surface area contributed by atoms with Gasteiger partial charge >= 0.3 is 5.97 Å². The Bertz CT molecular complexity index is 748. The first-order valence-corrected chi connectivity index (χ1v) is 7.67. The van der Waals surface area contributed by atoms with Gasteiger partial charge in [-0.05, 0) is 30.2 Å². The maximum atomic E-state index is 13.6. The lowest BCUT2D eigenvalue weighted by atomic mass is 10.0. The van der Waals surface area contributed by atoms with Gasteiger partial charge in [0.15, 0.2) is 0 Å². The summed E-state index contributed by atoms with van der Waals surface area (Å²) < 4.78 is 15.3. The van der Waals surface area contributed by atoms with E-state index in [4.69, 9.17) is 16.7 Å². The number of carboxylic acid groups (broad SMARTS) is 1. The third-order valence-electron chi connectivity index (χ3n) is 3.59. The van der Waals surface area contributed by atoms with Crippen LogP contribution >= 0.6 is 11.6 Å². The fraction of sp³-hybridized carbons (Fsp3) is 0.312. The maximum Gasteiger partial charge on any atom is 0.305 e. The predicted molar refractivity (Wildman–Crippen MR) is 86.1 cm³/mol. The van der Waals surface area contributed by atoms with Crippen LogP contribution in [0.4, 0.5) is 4.39 Å². The molecule has 2 aromatic rings. The second kappa shape index (κ2) is 7.92. The van der Waals surface area contributed by atoms with E-state index < -0.39 is 17.8 Å². The monoisotopic (exact) mass is 353 g/mol. The number of aliphatic carboxylic acids is 1. The Morgan fingerprint density at radius 1 is 1.42 bits per heavy atom. The zero-order chi connectivity index (χ0) is 17.7. The average molecular weight is 354 g/mol. The summed E-state index contributed by atoms with van der Waals surface area (Å²) in [7, 11) is 1.77. The summed E-state index contributed by atoms with van der Waals surface area (Å²) >= 11 is 5.63. The lowest BCUT2D eigenvalue weighted by molar-refractivity contribution is -0.137. The minimum Gasteiger partial charge on any atom is -0.481 e. The molecule has 0 aliphatic carbocycles. The molecule has 0 aliphatic rings. The van der Waals surface area contributed by atoms with Gasteiger partial charge in [-0.3, -0.25) is 14.3 Å². The lowest BCUT2D eigenvalue weighted by Crippen LogP contribution is -2.30. The highest BCUT2D eigenvalue weighted by atomic mass is 35.5. The van der Waals surface area contributed by atoms with Crippen LogP contribution in [0.15, 0.2) is 30.5 Å². The van der Waals surface area contributed by atoms with Crippen molar-refractivity contribution in [3.8, 4) is 0 Å². The molecule has 1 heterocycles. The number of nitrogens with zero attached hydrogens (tertiary/aromatic N) is 2. The van der Waals surface area contributed by atoms with Gasteiger partial charge in [0.1, 0.15) is 5.82 Å². The number of aryl methyl sites for hydroxylation is 2. The molecule has 2 N–H and O–H groups in total. The predicted octanol–water partition coefficient (Wildman–Crippen LogP) is 2.48. The normalized spacial score (nSPS) is 12.0. The fourth-order valence-corrected chi connectivity index (χ4v) is 2.43. The van der Waals surface area contributed by atoms with Crippen LogP contribution in [0.3, 0.4) is 0 Å². The number of amides is 1. The third-order valence-corrected chi connectivity index (χ3v) is 3.90. The Balaban J connectivity index is 2.04. The van der Waals surface area contributed by atoms with Crippen LogP contribution in [0.5, 0.6) is 0 Å². The number of nitrogens with one attached hydrogen (secondary N) is 1. The molecule has 2 rings (SSSR count). The van der Waals surface area contributed by atoms with E-state index in [0.29, 0.717) is 12.0 Å². The molecule has 24 heavy (non-hydrogen) atoms. The molecule has 1 aromatic heterocycles. The van der Waals surface area contributed by atoms with Crippen molar-refractivity contribution in [2.75, 3.05) is 0 Å². The van der Waals surface area contributed by atoms with Gasteiger partial charge in [-0.2, -0.15) is 5.10 Å². The quantitative estimate of drug-likeness (QED) is 0.801. The highest BCUT2D eigenvalue weighted by Crippen LogP contribution is 2.22. The van der Waals surface area contributed by atoms with Gasteiger partial charge in [-0.1, -0.05) is 17.7 Å². The first kappa shape index (κ1) is 17.9. The number of rotatable bonds is 7. The van der Waals surface area contributed by atoms with Gasteiger partial charge in [0.2, 0.25) is 5.91 Å².